The zero-order chi connectivity index (χ0) is 36.7. The number of rotatable bonds is 16. The Morgan fingerprint density at radius 1 is 1.16 bits per heavy atom. The molecule has 0 radical (unpaired) electrons. The Balaban J connectivity index is 1.50. The van der Waals surface area contributed by atoms with Crippen molar-refractivity contribution in [2.75, 3.05) is 26.7 Å². The van der Waals surface area contributed by atoms with Crippen molar-refractivity contribution >= 4 is 35.6 Å². The predicted octanol–water partition coefficient (Wildman–Crippen LogP) is 3.18. The molecule has 15 heteroatoms. The van der Waals surface area contributed by atoms with Crippen molar-refractivity contribution in [1.82, 2.24) is 45.3 Å². The number of amides is 3. The molecule has 0 spiro atoms. The van der Waals surface area contributed by atoms with Crippen LogP contribution in [0.15, 0.2) is 41.4 Å². The quantitative estimate of drug-likeness (QED) is 0.164. The number of benzene rings is 1. The van der Waals surface area contributed by atoms with Gasteiger partial charge in [0.1, 0.15) is 18.4 Å². The highest BCUT2D eigenvalue weighted by molar-refractivity contribution is 5.94. The molecule has 0 aliphatic carbocycles. The normalized spacial score (nSPS) is 14.7. The second-order valence-electron chi connectivity index (χ2n) is 14.0. The van der Waals surface area contributed by atoms with E-state index in [1.54, 1.807) is 12.4 Å². The zero-order valence-electron chi connectivity index (χ0n) is 30.1. The van der Waals surface area contributed by atoms with Crippen LogP contribution in [-0.2, 0) is 43.3 Å². The van der Waals surface area contributed by atoms with Gasteiger partial charge in [-0.1, -0.05) is 32.9 Å². The molecular weight excluding hydrogens is 654 g/mol. The lowest BCUT2D eigenvalue weighted by molar-refractivity contribution is -0.142. The van der Waals surface area contributed by atoms with Gasteiger partial charge in [0.25, 0.3) is 12.4 Å². The van der Waals surface area contributed by atoms with E-state index < -0.39 is 23.4 Å². The maximum absolute atomic E-state index is 13.7. The van der Waals surface area contributed by atoms with Crippen LogP contribution in [0.1, 0.15) is 58.9 Å². The summed E-state index contributed by atoms with van der Waals surface area (Å²) in [6.07, 6.45) is 7.97. The van der Waals surface area contributed by atoms with Gasteiger partial charge in [-0.2, -0.15) is 4.98 Å². The highest BCUT2D eigenvalue weighted by Gasteiger charge is 2.34. The van der Waals surface area contributed by atoms with Crippen molar-refractivity contribution in [3.05, 3.63) is 48.4 Å². The monoisotopic (exact) mass is 701 g/mol. The Kier molecular flexibility index (Phi) is 11.8. The first-order chi connectivity index (χ1) is 24.5. The minimum atomic E-state index is -1.02. The number of aromatic nitrogens is 5. The first kappa shape index (κ1) is 37.1. The molecule has 4 heterocycles. The molecule has 1 fully saturated rings. The summed E-state index contributed by atoms with van der Waals surface area (Å²) in [5.41, 5.74) is 7.28. The number of ether oxygens (including phenoxy) is 1. The van der Waals surface area contributed by atoms with Gasteiger partial charge in [-0.25, -0.2) is 15.4 Å². The maximum Gasteiger partial charge on any atom is 0.293 e. The summed E-state index contributed by atoms with van der Waals surface area (Å²) in [5.74, 6) is -0.478. The molecule has 15 nitrogen and oxygen atoms in total. The molecule has 5 rings (SSSR count). The highest BCUT2D eigenvalue weighted by Crippen LogP contribution is 2.39. The van der Waals surface area contributed by atoms with Crippen molar-refractivity contribution in [2.24, 2.45) is 11.3 Å². The van der Waals surface area contributed by atoms with Crippen molar-refractivity contribution in [3.63, 3.8) is 0 Å². The van der Waals surface area contributed by atoms with E-state index in [0.29, 0.717) is 50.3 Å². The minimum Gasteiger partial charge on any atom is -0.467 e. The molecule has 3 amide bonds. The van der Waals surface area contributed by atoms with E-state index in [2.05, 4.69) is 42.3 Å². The van der Waals surface area contributed by atoms with Gasteiger partial charge < -0.3 is 24.0 Å². The molecule has 4 aromatic rings. The SMILES string of the molecule is CCn1c(-c2cncnc2)c(CC(C)(C)COC=O)c2cc(-c3noc(CC(NC(=O)C(C(C)C)N(C)C=O)C(=O)N4CCCCN4)n3)ccc21. The van der Waals surface area contributed by atoms with E-state index in [0.717, 1.165) is 40.6 Å². The fourth-order valence-electron chi connectivity index (χ4n) is 6.79. The molecular formula is C36H47N9O6. The van der Waals surface area contributed by atoms with Crippen LogP contribution in [0.3, 0.4) is 0 Å². The lowest BCUT2D eigenvalue weighted by Crippen LogP contribution is -2.59. The van der Waals surface area contributed by atoms with Gasteiger partial charge >= 0.3 is 0 Å². The third-order valence-electron chi connectivity index (χ3n) is 9.12. The second-order valence-corrected chi connectivity index (χ2v) is 14.0. The number of fused-ring (bicyclic) bond motifs is 1. The number of aryl methyl sites for hydroxylation is 1. The molecule has 0 saturated carbocycles. The van der Waals surface area contributed by atoms with Crippen LogP contribution < -0.4 is 10.7 Å². The summed E-state index contributed by atoms with van der Waals surface area (Å²) in [7, 11) is 1.54. The fraction of sp³-hybridized carbons (Fsp3) is 0.500. The summed E-state index contributed by atoms with van der Waals surface area (Å²) >= 11 is 0. The first-order valence-electron chi connectivity index (χ1n) is 17.3. The van der Waals surface area contributed by atoms with E-state index in [1.807, 2.05) is 45.9 Å². The largest absolute Gasteiger partial charge is 0.467 e. The molecule has 3 aromatic heterocycles. The summed E-state index contributed by atoms with van der Waals surface area (Å²) in [6.45, 7) is 12.4. The Morgan fingerprint density at radius 2 is 1.92 bits per heavy atom. The molecule has 272 valence electrons. The number of carbonyl (C=O) groups is 4. The van der Waals surface area contributed by atoms with Gasteiger partial charge in [-0.05, 0) is 55.9 Å². The van der Waals surface area contributed by atoms with Gasteiger partial charge in [-0.15, -0.1) is 0 Å². The highest BCUT2D eigenvalue weighted by atomic mass is 16.5. The van der Waals surface area contributed by atoms with Gasteiger partial charge in [0, 0.05) is 66.5 Å². The molecule has 1 aliphatic heterocycles. The lowest BCUT2D eigenvalue weighted by atomic mass is 9.84. The number of hydrogen-bond donors (Lipinski definition) is 2. The van der Waals surface area contributed by atoms with Crippen molar-refractivity contribution in [1.29, 1.82) is 0 Å². The van der Waals surface area contributed by atoms with E-state index in [-0.39, 0.29) is 30.7 Å². The van der Waals surface area contributed by atoms with Crippen LogP contribution in [0.25, 0.3) is 33.5 Å². The topological polar surface area (TPSA) is 178 Å². The molecule has 2 N–H and O–H groups in total. The maximum atomic E-state index is 13.7. The minimum absolute atomic E-state index is 0.0475. The third kappa shape index (κ3) is 8.42. The van der Waals surface area contributed by atoms with Crippen LogP contribution in [0, 0.1) is 11.3 Å². The molecule has 1 aliphatic rings. The molecule has 1 aromatic carbocycles. The van der Waals surface area contributed by atoms with Crippen molar-refractivity contribution in [2.45, 2.75) is 78.9 Å². The number of likely N-dealkylation sites (N-methyl/N-ethyl adjacent to an activating group) is 1. The number of carbonyl (C=O) groups excluding carboxylic acids is 4. The van der Waals surface area contributed by atoms with E-state index in [9.17, 15) is 19.2 Å². The molecule has 1 saturated heterocycles. The predicted molar refractivity (Wildman–Crippen MR) is 188 cm³/mol. The first-order valence-corrected chi connectivity index (χ1v) is 17.3. The third-order valence-corrected chi connectivity index (χ3v) is 9.12. The van der Waals surface area contributed by atoms with Crippen LogP contribution in [0.4, 0.5) is 0 Å². The summed E-state index contributed by atoms with van der Waals surface area (Å²) in [4.78, 5) is 64.4. The van der Waals surface area contributed by atoms with E-state index >= 15 is 0 Å². The second kappa shape index (κ2) is 16.2. The zero-order valence-corrected chi connectivity index (χ0v) is 30.1. The van der Waals surface area contributed by atoms with Gasteiger partial charge in [0.05, 0.1) is 18.7 Å². The fourth-order valence-corrected chi connectivity index (χ4v) is 6.79. The number of hydrogen-bond acceptors (Lipinski definition) is 11. The number of nitrogens with one attached hydrogen (secondary N) is 2. The summed E-state index contributed by atoms with van der Waals surface area (Å²) < 4.78 is 13.1. The van der Waals surface area contributed by atoms with Crippen molar-refractivity contribution in [3.8, 4) is 22.6 Å². The summed E-state index contributed by atoms with van der Waals surface area (Å²) in [6, 6.07) is 4.16. The van der Waals surface area contributed by atoms with Gasteiger partial charge in [0.2, 0.25) is 24.0 Å². The Hall–Kier alpha value is -5.18. The molecule has 2 atom stereocenters. The van der Waals surface area contributed by atoms with Crippen molar-refractivity contribution < 1.29 is 28.4 Å². The van der Waals surface area contributed by atoms with Crippen LogP contribution in [0.2, 0.25) is 0 Å². The van der Waals surface area contributed by atoms with Crippen LogP contribution >= 0.6 is 0 Å². The van der Waals surface area contributed by atoms with Crippen LogP contribution in [-0.4, -0.2) is 98.1 Å². The standard InChI is InChI=1S/C36H47N9O6/c1-7-44-29-11-10-24(14-26(29)27(16-36(4,5)19-50-22-47)32(44)25-17-37-20-38-18-25)33-41-30(51-42-33)15-28(35(49)45-13-9-8-12-39-45)40-34(48)31(23(2)3)43(6)21-46/h10-11,14,17-18,20-23,28,31,39H,7-9,12-13,15-16,19H2,1-6H3,(H,40,48). The van der Waals surface area contributed by atoms with Gasteiger partial charge in [0.15, 0.2) is 0 Å². The molecule has 2 unspecified atom stereocenters. The molecule has 51 heavy (non-hydrogen) atoms. The lowest BCUT2D eigenvalue weighted by Gasteiger charge is -2.33. The summed E-state index contributed by atoms with van der Waals surface area (Å²) in [5, 5.41) is 9.62. The Bertz CT molecular complexity index is 1830. The Morgan fingerprint density at radius 3 is 2.57 bits per heavy atom. The van der Waals surface area contributed by atoms with E-state index in [4.69, 9.17) is 9.26 Å². The average Bonchev–Trinajstić information content (AvgIpc) is 3.72. The number of nitrogens with zero attached hydrogens (tertiary/aromatic N) is 7. The van der Waals surface area contributed by atoms with E-state index in [1.165, 1.54) is 23.3 Å². The van der Waals surface area contributed by atoms with Gasteiger partial charge in [-0.3, -0.25) is 24.2 Å². The number of hydrazine groups is 1. The molecule has 0 bridgehead atoms. The average molecular weight is 702 g/mol. The smallest absolute Gasteiger partial charge is 0.293 e. The van der Waals surface area contributed by atoms with Crippen LogP contribution in [0.5, 0.6) is 0 Å². The Labute approximate surface area is 297 Å².